The molecule has 0 heterocycles. The first kappa shape index (κ1) is 27.8. The van der Waals surface area contributed by atoms with Crippen molar-refractivity contribution in [3.8, 4) is 0 Å². The summed E-state index contributed by atoms with van der Waals surface area (Å²) in [6.45, 7) is 8.33. The second-order valence-electron chi connectivity index (χ2n) is 7.63. The summed E-state index contributed by atoms with van der Waals surface area (Å²) >= 11 is 0. The quantitative estimate of drug-likeness (QED) is 0.209. The lowest BCUT2D eigenvalue weighted by Gasteiger charge is -2.15. The topological polar surface area (TPSA) is 86.7 Å². The zero-order chi connectivity index (χ0) is 21.5. The molecule has 0 aliphatic carbocycles. The van der Waals surface area contributed by atoms with Crippen molar-refractivity contribution < 1.29 is 25.2 Å². The van der Waals surface area contributed by atoms with E-state index < -0.39 is 20.2 Å². The van der Waals surface area contributed by atoms with Crippen LogP contribution >= 0.6 is 0 Å². The minimum Gasteiger partial charge on any atom is -0.270 e. The lowest BCUT2D eigenvalue weighted by Crippen LogP contribution is -2.20. The second kappa shape index (κ2) is 15.6. The van der Waals surface area contributed by atoms with Gasteiger partial charge < -0.3 is 0 Å². The van der Waals surface area contributed by atoms with Crippen LogP contribution in [0.4, 0.5) is 0 Å². The standard InChI is InChI=1S/C20H42O6S2/c1-5-9-13-19(7-3)17-27(21,22)25-15-11-12-16-26-28(23,24)18-20(8-4)14-10-6-2/h19-20H,5-18H2,1-4H3/t19-,20+. The van der Waals surface area contributed by atoms with Crippen molar-refractivity contribution in [1.82, 2.24) is 0 Å². The second-order valence-corrected chi connectivity index (χ2v) is 11.0. The predicted octanol–water partition coefficient (Wildman–Crippen LogP) is 4.89. The maximum atomic E-state index is 12.0. The normalized spacial score (nSPS) is 14.9. The predicted molar refractivity (Wildman–Crippen MR) is 115 cm³/mol. The molecule has 0 saturated carbocycles. The SMILES string of the molecule is CCCC[C@@H](CC)CS(=O)(=O)OCCCCOS(=O)(=O)C[C@@H](CC)CCCC. The van der Waals surface area contributed by atoms with Crippen LogP contribution in [0.3, 0.4) is 0 Å². The minimum atomic E-state index is -3.53. The fourth-order valence-corrected chi connectivity index (χ4v) is 5.94. The largest absolute Gasteiger partial charge is 0.270 e. The van der Waals surface area contributed by atoms with Crippen LogP contribution in [0.1, 0.15) is 91.9 Å². The van der Waals surface area contributed by atoms with Crippen LogP contribution in [0.2, 0.25) is 0 Å². The molecule has 0 fully saturated rings. The summed E-state index contributed by atoms with van der Waals surface area (Å²) in [6.07, 6.45) is 8.51. The Bertz CT molecular complexity index is 520. The molecule has 0 aromatic heterocycles. The van der Waals surface area contributed by atoms with E-state index in [1.165, 1.54) is 0 Å². The molecule has 0 spiro atoms. The van der Waals surface area contributed by atoms with Gasteiger partial charge in [-0.1, -0.05) is 66.2 Å². The molecule has 0 rings (SSSR count). The first-order chi connectivity index (χ1) is 13.2. The molecule has 8 heteroatoms. The van der Waals surface area contributed by atoms with Crippen molar-refractivity contribution in [2.75, 3.05) is 24.7 Å². The Morgan fingerprint density at radius 1 is 0.607 bits per heavy atom. The Balaban J connectivity index is 4.08. The van der Waals surface area contributed by atoms with Crippen molar-refractivity contribution >= 4 is 20.2 Å². The highest BCUT2D eigenvalue weighted by Crippen LogP contribution is 2.17. The van der Waals surface area contributed by atoms with E-state index in [2.05, 4.69) is 13.8 Å². The van der Waals surface area contributed by atoms with Crippen LogP contribution in [-0.4, -0.2) is 41.6 Å². The fourth-order valence-electron chi connectivity index (χ4n) is 3.05. The summed E-state index contributed by atoms with van der Waals surface area (Å²) in [5.74, 6) is 0.394. The van der Waals surface area contributed by atoms with E-state index in [0.29, 0.717) is 12.8 Å². The lowest BCUT2D eigenvalue weighted by atomic mass is 10.0. The zero-order valence-electron chi connectivity index (χ0n) is 18.3. The van der Waals surface area contributed by atoms with Crippen molar-refractivity contribution in [3.63, 3.8) is 0 Å². The molecule has 6 nitrogen and oxygen atoms in total. The third-order valence-corrected chi connectivity index (χ3v) is 7.84. The monoisotopic (exact) mass is 442 g/mol. The first-order valence-electron chi connectivity index (χ1n) is 10.9. The molecule has 0 aliphatic rings. The van der Waals surface area contributed by atoms with Gasteiger partial charge in [0, 0.05) is 0 Å². The molecule has 0 aliphatic heterocycles. The molecule has 0 aromatic rings. The van der Waals surface area contributed by atoms with E-state index in [-0.39, 0.29) is 36.6 Å². The van der Waals surface area contributed by atoms with E-state index in [1.54, 1.807) is 0 Å². The van der Waals surface area contributed by atoms with Gasteiger partial charge in [-0.25, -0.2) is 0 Å². The van der Waals surface area contributed by atoms with Crippen LogP contribution in [0.25, 0.3) is 0 Å². The maximum Gasteiger partial charge on any atom is 0.267 e. The molecule has 28 heavy (non-hydrogen) atoms. The summed E-state index contributed by atoms with van der Waals surface area (Å²) in [7, 11) is -7.05. The summed E-state index contributed by atoms with van der Waals surface area (Å²) in [5, 5.41) is 0. The highest BCUT2D eigenvalue weighted by molar-refractivity contribution is 7.86. The highest BCUT2D eigenvalue weighted by Gasteiger charge is 2.20. The van der Waals surface area contributed by atoms with Gasteiger partial charge in [0.05, 0.1) is 24.7 Å². The molecular weight excluding hydrogens is 400 g/mol. The van der Waals surface area contributed by atoms with Crippen molar-refractivity contribution in [2.24, 2.45) is 11.8 Å². The summed E-state index contributed by atoms with van der Waals surface area (Å²) in [4.78, 5) is 0. The van der Waals surface area contributed by atoms with Gasteiger partial charge in [-0.05, 0) is 37.5 Å². The molecule has 0 aromatic carbocycles. The Morgan fingerprint density at radius 3 is 1.25 bits per heavy atom. The number of unbranched alkanes of at least 4 members (excludes halogenated alkanes) is 3. The number of rotatable bonds is 19. The zero-order valence-corrected chi connectivity index (χ0v) is 20.0. The van der Waals surface area contributed by atoms with Crippen molar-refractivity contribution in [1.29, 1.82) is 0 Å². The van der Waals surface area contributed by atoms with E-state index in [9.17, 15) is 16.8 Å². The van der Waals surface area contributed by atoms with E-state index in [1.807, 2.05) is 13.8 Å². The van der Waals surface area contributed by atoms with Gasteiger partial charge in [0.1, 0.15) is 0 Å². The van der Waals surface area contributed by atoms with Crippen molar-refractivity contribution in [3.05, 3.63) is 0 Å². The third-order valence-electron chi connectivity index (χ3n) is 5.03. The van der Waals surface area contributed by atoms with Gasteiger partial charge in [0.2, 0.25) is 0 Å². The Morgan fingerprint density at radius 2 is 0.964 bits per heavy atom. The summed E-state index contributed by atoms with van der Waals surface area (Å²) in [5.41, 5.74) is 0. The Labute approximate surface area is 174 Å². The van der Waals surface area contributed by atoms with Crippen LogP contribution in [0.15, 0.2) is 0 Å². The molecule has 0 amide bonds. The van der Waals surface area contributed by atoms with Gasteiger partial charge in [-0.15, -0.1) is 0 Å². The van der Waals surface area contributed by atoms with Gasteiger partial charge in [-0.3, -0.25) is 8.37 Å². The Hall–Kier alpha value is -0.180. The maximum absolute atomic E-state index is 12.0. The van der Waals surface area contributed by atoms with E-state index >= 15 is 0 Å². The van der Waals surface area contributed by atoms with Gasteiger partial charge in [0.15, 0.2) is 0 Å². The van der Waals surface area contributed by atoms with Crippen LogP contribution in [-0.2, 0) is 28.6 Å². The van der Waals surface area contributed by atoms with Crippen molar-refractivity contribution in [2.45, 2.75) is 91.9 Å². The average Bonchev–Trinajstić information content (AvgIpc) is 2.64. The first-order valence-corrected chi connectivity index (χ1v) is 14.1. The van der Waals surface area contributed by atoms with Crippen LogP contribution < -0.4 is 0 Å². The molecule has 0 radical (unpaired) electrons. The minimum absolute atomic E-state index is 0.0601. The number of hydrogen-bond acceptors (Lipinski definition) is 6. The summed E-state index contributed by atoms with van der Waals surface area (Å²) < 4.78 is 58.3. The van der Waals surface area contributed by atoms with Gasteiger partial charge >= 0.3 is 0 Å². The molecule has 170 valence electrons. The van der Waals surface area contributed by atoms with E-state index in [0.717, 1.165) is 51.4 Å². The van der Waals surface area contributed by atoms with Gasteiger partial charge in [-0.2, -0.15) is 16.8 Å². The number of hydrogen-bond donors (Lipinski definition) is 0. The van der Waals surface area contributed by atoms with E-state index in [4.69, 9.17) is 8.37 Å². The van der Waals surface area contributed by atoms with Gasteiger partial charge in [0.25, 0.3) is 20.2 Å². The Kier molecular flexibility index (Phi) is 15.5. The molecule has 0 N–H and O–H groups in total. The molecule has 0 bridgehead atoms. The van der Waals surface area contributed by atoms with Crippen LogP contribution in [0, 0.1) is 11.8 Å². The highest BCUT2D eigenvalue weighted by atomic mass is 32.2. The smallest absolute Gasteiger partial charge is 0.267 e. The van der Waals surface area contributed by atoms with Crippen LogP contribution in [0.5, 0.6) is 0 Å². The lowest BCUT2D eigenvalue weighted by molar-refractivity contribution is 0.266. The molecule has 0 unspecified atom stereocenters. The average molecular weight is 443 g/mol. The molecular formula is C20H42O6S2. The molecule has 0 saturated heterocycles. The third kappa shape index (κ3) is 14.8. The fraction of sp³-hybridized carbons (Fsp3) is 1.00. The molecule has 2 atom stereocenters. The summed E-state index contributed by atoms with van der Waals surface area (Å²) in [6, 6.07) is 0.